The summed E-state index contributed by atoms with van der Waals surface area (Å²) in [7, 11) is 0. The molecule has 1 saturated heterocycles. The molecule has 4 nitrogen and oxygen atoms in total. The lowest BCUT2D eigenvalue weighted by molar-refractivity contribution is 0.204. The van der Waals surface area contributed by atoms with E-state index in [-0.39, 0.29) is 0 Å². The molecule has 5 rings (SSSR count). The van der Waals surface area contributed by atoms with Crippen molar-refractivity contribution >= 4 is 11.3 Å². The van der Waals surface area contributed by atoms with Crippen LogP contribution in [0.15, 0.2) is 41.8 Å². The minimum absolute atomic E-state index is 0.567. The molecule has 0 atom stereocenters. The van der Waals surface area contributed by atoms with Gasteiger partial charge in [-0.25, -0.2) is 0 Å². The Balaban J connectivity index is 1.14. The van der Waals surface area contributed by atoms with Crippen molar-refractivity contribution in [2.75, 3.05) is 19.6 Å². The first kappa shape index (κ1) is 19.0. The number of benzene rings is 1. The normalized spacial score (nSPS) is 17.7. The highest BCUT2D eigenvalue weighted by atomic mass is 32.1. The topological polar surface area (TPSA) is 34.0 Å². The van der Waals surface area contributed by atoms with Crippen molar-refractivity contribution in [2.24, 2.45) is 0 Å². The SMILES string of the molecule is c1ccc(CCCCN2CCC(c3nnc4n3CCCc3sccc3-4)CC2)cc1. The van der Waals surface area contributed by atoms with Crippen molar-refractivity contribution < 1.29 is 0 Å². The molecular formula is C24H30N4S. The Bertz CT molecular complexity index is 922. The number of fused-ring (bicyclic) bond motifs is 3. The molecule has 0 unspecified atom stereocenters. The zero-order chi connectivity index (χ0) is 19.5. The van der Waals surface area contributed by atoms with Gasteiger partial charge in [-0.2, -0.15) is 0 Å². The summed E-state index contributed by atoms with van der Waals surface area (Å²) in [6.45, 7) is 4.69. The second-order valence-electron chi connectivity index (χ2n) is 8.45. The zero-order valence-electron chi connectivity index (χ0n) is 17.1. The van der Waals surface area contributed by atoms with Crippen LogP contribution in [0.5, 0.6) is 0 Å². The Labute approximate surface area is 177 Å². The lowest BCUT2D eigenvalue weighted by Crippen LogP contribution is -2.34. The van der Waals surface area contributed by atoms with Crippen LogP contribution in [0.3, 0.4) is 0 Å². The van der Waals surface area contributed by atoms with Crippen LogP contribution in [0, 0.1) is 0 Å². The van der Waals surface area contributed by atoms with Crippen LogP contribution in [0.1, 0.15) is 54.3 Å². The first-order chi connectivity index (χ1) is 14.4. The highest BCUT2D eigenvalue weighted by Crippen LogP contribution is 2.35. The highest BCUT2D eigenvalue weighted by molar-refractivity contribution is 7.10. The molecule has 1 aromatic carbocycles. The average molecular weight is 407 g/mol. The molecule has 29 heavy (non-hydrogen) atoms. The third-order valence-corrected chi connectivity index (χ3v) is 7.52. The van der Waals surface area contributed by atoms with Crippen LogP contribution in [0.25, 0.3) is 11.4 Å². The molecule has 1 fully saturated rings. The van der Waals surface area contributed by atoms with Gasteiger partial charge in [-0.3, -0.25) is 0 Å². The van der Waals surface area contributed by atoms with E-state index in [2.05, 4.69) is 61.4 Å². The quantitative estimate of drug-likeness (QED) is 0.531. The van der Waals surface area contributed by atoms with Gasteiger partial charge in [-0.05, 0) is 81.6 Å². The summed E-state index contributed by atoms with van der Waals surface area (Å²) in [5.74, 6) is 2.91. The Morgan fingerprint density at radius 3 is 2.69 bits per heavy atom. The number of nitrogens with zero attached hydrogens (tertiary/aromatic N) is 4. The fraction of sp³-hybridized carbons (Fsp3) is 0.500. The Morgan fingerprint density at radius 1 is 0.966 bits per heavy atom. The van der Waals surface area contributed by atoms with Crippen molar-refractivity contribution in [3.8, 4) is 11.4 Å². The molecule has 2 aromatic heterocycles. The van der Waals surface area contributed by atoms with E-state index in [1.165, 1.54) is 86.4 Å². The second-order valence-corrected chi connectivity index (χ2v) is 9.45. The van der Waals surface area contributed by atoms with Crippen molar-refractivity contribution in [3.63, 3.8) is 0 Å². The number of piperidine rings is 1. The van der Waals surface area contributed by atoms with Gasteiger partial charge in [0.1, 0.15) is 5.82 Å². The van der Waals surface area contributed by atoms with Gasteiger partial charge >= 0.3 is 0 Å². The minimum Gasteiger partial charge on any atom is -0.311 e. The van der Waals surface area contributed by atoms with Crippen molar-refractivity contribution in [1.29, 1.82) is 0 Å². The van der Waals surface area contributed by atoms with E-state index in [0.717, 1.165) is 12.4 Å². The summed E-state index contributed by atoms with van der Waals surface area (Å²) >= 11 is 1.87. The maximum absolute atomic E-state index is 4.67. The van der Waals surface area contributed by atoms with Crippen molar-refractivity contribution in [3.05, 3.63) is 58.0 Å². The van der Waals surface area contributed by atoms with Gasteiger partial charge in [-0.15, -0.1) is 21.5 Å². The number of aryl methyl sites for hydroxylation is 2. The summed E-state index contributed by atoms with van der Waals surface area (Å²) in [5.41, 5.74) is 2.79. The Morgan fingerprint density at radius 2 is 1.83 bits per heavy atom. The van der Waals surface area contributed by atoms with E-state index in [4.69, 9.17) is 0 Å². The molecule has 3 aromatic rings. The first-order valence-corrected chi connectivity index (χ1v) is 12.0. The highest BCUT2D eigenvalue weighted by Gasteiger charge is 2.28. The fourth-order valence-corrected chi connectivity index (χ4v) is 5.81. The van der Waals surface area contributed by atoms with E-state index in [1.54, 1.807) is 0 Å². The maximum atomic E-state index is 4.67. The minimum atomic E-state index is 0.567. The van der Waals surface area contributed by atoms with Crippen LogP contribution in [0.4, 0.5) is 0 Å². The van der Waals surface area contributed by atoms with Crippen molar-refractivity contribution in [1.82, 2.24) is 19.7 Å². The lowest BCUT2D eigenvalue weighted by atomic mass is 9.95. The smallest absolute Gasteiger partial charge is 0.165 e. The summed E-state index contributed by atoms with van der Waals surface area (Å²) in [5, 5.41) is 11.5. The summed E-state index contributed by atoms with van der Waals surface area (Å²) in [6, 6.07) is 13.1. The van der Waals surface area contributed by atoms with Crippen LogP contribution in [-0.4, -0.2) is 39.3 Å². The van der Waals surface area contributed by atoms with Gasteiger partial charge in [0.2, 0.25) is 0 Å². The molecule has 0 bridgehead atoms. The number of hydrogen-bond donors (Lipinski definition) is 0. The molecule has 0 saturated carbocycles. The number of unbranched alkanes of at least 4 members (excludes halogenated alkanes) is 1. The summed E-state index contributed by atoms with van der Waals surface area (Å²) in [6.07, 6.45) is 8.59. The molecule has 152 valence electrons. The molecule has 5 heteroatoms. The molecule has 0 amide bonds. The van der Waals surface area contributed by atoms with Gasteiger partial charge < -0.3 is 9.47 Å². The van der Waals surface area contributed by atoms with Crippen LogP contribution >= 0.6 is 11.3 Å². The number of rotatable bonds is 6. The molecule has 0 spiro atoms. The van der Waals surface area contributed by atoms with Gasteiger partial charge in [0.15, 0.2) is 5.82 Å². The monoisotopic (exact) mass is 406 g/mol. The van der Waals surface area contributed by atoms with Crippen LogP contribution in [-0.2, 0) is 19.4 Å². The lowest BCUT2D eigenvalue weighted by Gasteiger charge is -2.31. The average Bonchev–Trinajstić information content (AvgIpc) is 3.36. The first-order valence-electron chi connectivity index (χ1n) is 11.1. The molecular weight excluding hydrogens is 376 g/mol. The second kappa shape index (κ2) is 8.80. The molecule has 0 aliphatic carbocycles. The van der Waals surface area contributed by atoms with E-state index >= 15 is 0 Å². The standard InChI is InChI=1S/C24H30N4S/c1-2-7-19(8-3-1)9-4-5-14-27-16-11-20(12-17-27)23-25-26-24-21-13-18-29-22(21)10-6-15-28(23)24/h1-3,7-8,13,18,20H,4-6,9-12,14-17H2. The van der Waals surface area contributed by atoms with Crippen LogP contribution in [0.2, 0.25) is 0 Å². The number of hydrogen-bond acceptors (Lipinski definition) is 4. The number of likely N-dealkylation sites (tertiary alicyclic amines) is 1. The molecule has 4 heterocycles. The van der Waals surface area contributed by atoms with E-state index in [9.17, 15) is 0 Å². The number of thiophene rings is 1. The summed E-state index contributed by atoms with van der Waals surface area (Å²) < 4.78 is 2.43. The van der Waals surface area contributed by atoms with Gasteiger partial charge in [0.25, 0.3) is 0 Å². The molecule has 0 N–H and O–H groups in total. The van der Waals surface area contributed by atoms with E-state index in [1.807, 2.05) is 11.3 Å². The predicted octanol–water partition coefficient (Wildman–Crippen LogP) is 5.16. The predicted molar refractivity (Wildman–Crippen MR) is 119 cm³/mol. The molecule has 0 radical (unpaired) electrons. The summed E-state index contributed by atoms with van der Waals surface area (Å²) in [4.78, 5) is 4.13. The van der Waals surface area contributed by atoms with Crippen LogP contribution < -0.4 is 0 Å². The molecule has 2 aliphatic rings. The Hall–Kier alpha value is -1.98. The number of aromatic nitrogens is 3. The maximum Gasteiger partial charge on any atom is 0.165 e. The van der Waals surface area contributed by atoms with Gasteiger partial charge in [-0.1, -0.05) is 30.3 Å². The van der Waals surface area contributed by atoms with Gasteiger partial charge in [0, 0.05) is 22.9 Å². The fourth-order valence-electron chi connectivity index (χ4n) is 4.89. The largest absolute Gasteiger partial charge is 0.311 e. The van der Waals surface area contributed by atoms with E-state index in [0.29, 0.717) is 5.92 Å². The van der Waals surface area contributed by atoms with Gasteiger partial charge in [0.05, 0.1) is 0 Å². The third-order valence-electron chi connectivity index (χ3n) is 6.54. The van der Waals surface area contributed by atoms with Crippen molar-refractivity contribution in [2.45, 2.75) is 57.4 Å². The van der Waals surface area contributed by atoms with E-state index < -0.39 is 0 Å². The zero-order valence-corrected chi connectivity index (χ0v) is 17.9. The Kier molecular flexibility index (Phi) is 5.77. The third kappa shape index (κ3) is 4.17. The molecule has 2 aliphatic heterocycles.